The average molecular weight is 314 g/mol. The van der Waals surface area contributed by atoms with Crippen LogP contribution in [-0.4, -0.2) is 16.6 Å². The Morgan fingerprint density at radius 2 is 2.20 bits per heavy atom. The molecule has 0 atom stereocenters. The van der Waals surface area contributed by atoms with E-state index in [0.717, 1.165) is 0 Å². The van der Waals surface area contributed by atoms with E-state index >= 15 is 0 Å². The van der Waals surface area contributed by atoms with Gasteiger partial charge in [-0.05, 0) is 23.7 Å². The summed E-state index contributed by atoms with van der Waals surface area (Å²) in [5.41, 5.74) is 0.117. The van der Waals surface area contributed by atoms with Gasteiger partial charge in [-0.25, -0.2) is 9.37 Å². The normalized spacial score (nSPS) is 10.2. The largest absolute Gasteiger partial charge is 0.487 e. The highest BCUT2D eigenvalue weighted by molar-refractivity contribution is 6.33. The third-order valence-electron chi connectivity index (χ3n) is 2.29. The maximum Gasteiger partial charge on any atom is 0.224 e. The van der Waals surface area contributed by atoms with Crippen molar-refractivity contribution in [3.63, 3.8) is 0 Å². The monoisotopic (exact) mass is 313 g/mol. The van der Waals surface area contributed by atoms with Crippen LogP contribution in [0.5, 0.6) is 5.75 Å². The highest BCUT2D eigenvalue weighted by Gasteiger charge is 2.13. The second-order valence-corrected chi connectivity index (χ2v) is 4.42. The lowest BCUT2D eigenvalue weighted by molar-refractivity contribution is 0.363. The molecule has 1 aromatic heterocycles. The Balaban J connectivity index is 2.36. The quantitative estimate of drug-likeness (QED) is 0.663. The van der Waals surface area contributed by atoms with Gasteiger partial charge in [0.1, 0.15) is 23.1 Å². The number of rotatable bonds is 5. The van der Waals surface area contributed by atoms with E-state index in [-0.39, 0.29) is 28.4 Å². The molecule has 7 heteroatoms. The topological polar surface area (TPSA) is 47.0 Å². The summed E-state index contributed by atoms with van der Waals surface area (Å²) >= 11 is 11.6. The molecule has 1 N–H and O–H groups in total. The lowest BCUT2D eigenvalue weighted by atomic mass is 10.2. The predicted octanol–water partition coefficient (Wildman–Crippen LogP) is 4.23. The lowest BCUT2D eigenvalue weighted by Crippen LogP contribution is -2.03. The first-order valence-corrected chi connectivity index (χ1v) is 6.34. The van der Waals surface area contributed by atoms with Crippen LogP contribution in [-0.2, 0) is 0 Å². The number of benzene rings is 1. The van der Waals surface area contributed by atoms with Crippen molar-refractivity contribution in [1.29, 1.82) is 0 Å². The predicted molar refractivity (Wildman–Crippen MR) is 77.4 cm³/mol. The minimum atomic E-state index is -0.502. The molecule has 0 amide bonds. The van der Waals surface area contributed by atoms with Gasteiger partial charge in [0.15, 0.2) is 11.6 Å². The van der Waals surface area contributed by atoms with Gasteiger partial charge in [0, 0.05) is 0 Å². The van der Waals surface area contributed by atoms with Gasteiger partial charge in [-0.2, -0.15) is 4.98 Å². The van der Waals surface area contributed by atoms with Crippen molar-refractivity contribution in [2.45, 2.75) is 0 Å². The van der Waals surface area contributed by atoms with Crippen LogP contribution in [0.4, 0.5) is 15.9 Å². The molecule has 0 unspecified atom stereocenters. The van der Waals surface area contributed by atoms with E-state index in [0.29, 0.717) is 5.75 Å². The van der Waals surface area contributed by atoms with Gasteiger partial charge in [-0.15, -0.1) is 0 Å². The number of para-hydroxylation sites is 1. The second kappa shape index (κ2) is 6.54. The summed E-state index contributed by atoms with van der Waals surface area (Å²) in [7, 11) is 0. The average Bonchev–Trinajstić information content (AvgIpc) is 2.43. The van der Waals surface area contributed by atoms with E-state index in [9.17, 15) is 4.39 Å². The highest BCUT2D eigenvalue weighted by atomic mass is 35.5. The Morgan fingerprint density at radius 3 is 2.95 bits per heavy atom. The van der Waals surface area contributed by atoms with Gasteiger partial charge >= 0.3 is 0 Å². The van der Waals surface area contributed by atoms with Crippen molar-refractivity contribution in [1.82, 2.24) is 9.97 Å². The van der Waals surface area contributed by atoms with Crippen LogP contribution in [0.15, 0.2) is 37.1 Å². The zero-order chi connectivity index (χ0) is 14.5. The van der Waals surface area contributed by atoms with Crippen LogP contribution in [0.25, 0.3) is 0 Å². The van der Waals surface area contributed by atoms with Crippen molar-refractivity contribution >= 4 is 34.7 Å². The van der Waals surface area contributed by atoms with E-state index in [1.165, 1.54) is 18.3 Å². The summed E-state index contributed by atoms with van der Waals surface area (Å²) in [5, 5.41) is 2.97. The molecule has 0 aliphatic carbocycles. The number of nitrogens with one attached hydrogen (secondary N) is 1. The van der Waals surface area contributed by atoms with E-state index < -0.39 is 5.82 Å². The third kappa shape index (κ3) is 3.37. The summed E-state index contributed by atoms with van der Waals surface area (Å²) in [6.45, 7) is 3.79. The SMILES string of the molecule is C=CCOc1cccc(F)c1Nc1nc(Cl)ncc1Cl. The number of nitrogens with zero attached hydrogens (tertiary/aromatic N) is 2. The van der Waals surface area contributed by atoms with Crippen LogP contribution in [0.1, 0.15) is 0 Å². The molecule has 0 fully saturated rings. The first-order valence-electron chi connectivity index (χ1n) is 5.59. The number of hydrogen-bond acceptors (Lipinski definition) is 4. The van der Waals surface area contributed by atoms with Gasteiger partial charge in [-0.1, -0.05) is 30.3 Å². The zero-order valence-corrected chi connectivity index (χ0v) is 11.7. The molecule has 0 aliphatic rings. The molecule has 1 heterocycles. The third-order valence-corrected chi connectivity index (χ3v) is 2.75. The molecule has 4 nitrogen and oxygen atoms in total. The summed E-state index contributed by atoms with van der Waals surface area (Å²) in [6, 6.07) is 4.44. The van der Waals surface area contributed by atoms with Crippen molar-refractivity contribution in [2.24, 2.45) is 0 Å². The van der Waals surface area contributed by atoms with Gasteiger partial charge in [0.05, 0.1) is 6.20 Å². The van der Waals surface area contributed by atoms with Crippen molar-refractivity contribution in [3.8, 4) is 5.75 Å². The fraction of sp³-hybridized carbons (Fsp3) is 0.0769. The summed E-state index contributed by atoms with van der Waals surface area (Å²) in [4.78, 5) is 7.62. The molecule has 0 saturated heterocycles. The zero-order valence-electron chi connectivity index (χ0n) is 10.2. The Bertz CT molecular complexity index is 637. The number of ether oxygens (including phenoxy) is 1. The van der Waals surface area contributed by atoms with E-state index in [1.54, 1.807) is 12.1 Å². The van der Waals surface area contributed by atoms with E-state index in [1.807, 2.05) is 0 Å². The first kappa shape index (κ1) is 14.6. The molecule has 104 valence electrons. The van der Waals surface area contributed by atoms with Crippen molar-refractivity contribution < 1.29 is 9.13 Å². The van der Waals surface area contributed by atoms with Crippen molar-refractivity contribution in [2.75, 3.05) is 11.9 Å². The van der Waals surface area contributed by atoms with Gasteiger partial charge < -0.3 is 10.1 Å². The number of anilines is 2. The van der Waals surface area contributed by atoms with Gasteiger partial charge in [-0.3, -0.25) is 0 Å². The second-order valence-electron chi connectivity index (χ2n) is 3.67. The fourth-order valence-electron chi connectivity index (χ4n) is 1.45. The molecule has 2 aromatic rings. The molecule has 0 bridgehead atoms. The van der Waals surface area contributed by atoms with Crippen LogP contribution >= 0.6 is 23.2 Å². The minimum Gasteiger partial charge on any atom is -0.487 e. The minimum absolute atomic E-state index is 0.00167. The Kier molecular flexibility index (Phi) is 4.76. The molecule has 0 aliphatic heterocycles. The lowest BCUT2D eigenvalue weighted by Gasteiger charge is -2.13. The molecule has 2 rings (SSSR count). The molecular formula is C13H10Cl2FN3O. The van der Waals surface area contributed by atoms with E-state index in [4.69, 9.17) is 27.9 Å². The van der Waals surface area contributed by atoms with Crippen LogP contribution < -0.4 is 10.1 Å². The van der Waals surface area contributed by atoms with Crippen molar-refractivity contribution in [3.05, 3.63) is 53.2 Å². The molecule has 0 spiro atoms. The fourth-order valence-corrected chi connectivity index (χ4v) is 1.72. The Morgan fingerprint density at radius 1 is 1.40 bits per heavy atom. The Labute approximate surface area is 125 Å². The number of hydrogen-bond donors (Lipinski definition) is 1. The summed E-state index contributed by atoms with van der Waals surface area (Å²) in [6.07, 6.45) is 2.88. The maximum absolute atomic E-state index is 13.9. The van der Waals surface area contributed by atoms with E-state index in [2.05, 4.69) is 21.9 Å². The highest BCUT2D eigenvalue weighted by Crippen LogP contribution is 2.32. The molecular weight excluding hydrogens is 304 g/mol. The molecule has 0 radical (unpaired) electrons. The van der Waals surface area contributed by atoms with Gasteiger partial charge in [0.25, 0.3) is 0 Å². The maximum atomic E-state index is 13.9. The van der Waals surface area contributed by atoms with Gasteiger partial charge in [0.2, 0.25) is 5.28 Å². The first-order chi connectivity index (χ1) is 9.61. The number of aromatic nitrogens is 2. The smallest absolute Gasteiger partial charge is 0.224 e. The van der Waals surface area contributed by atoms with Crippen LogP contribution in [0.3, 0.4) is 0 Å². The van der Waals surface area contributed by atoms with Crippen LogP contribution in [0.2, 0.25) is 10.3 Å². The molecule has 0 saturated carbocycles. The Hall–Kier alpha value is -1.85. The molecule has 20 heavy (non-hydrogen) atoms. The number of halogens is 3. The standard InChI is InChI=1S/C13H10Cl2FN3O/c1-2-6-20-10-5-3-4-9(16)11(10)18-12-8(14)7-17-13(15)19-12/h2-5,7H,1,6H2,(H,17,18,19). The summed E-state index contributed by atoms with van der Waals surface area (Å²) in [5.74, 6) is 0.00767. The van der Waals surface area contributed by atoms with Crippen LogP contribution in [0, 0.1) is 5.82 Å². The summed E-state index contributed by atoms with van der Waals surface area (Å²) < 4.78 is 19.3. The molecule has 1 aromatic carbocycles.